The van der Waals surface area contributed by atoms with Gasteiger partial charge in [-0.3, -0.25) is 4.57 Å². The molecule has 0 aromatic carbocycles. The quantitative estimate of drug-likeness (QED) is 0.292. The Morgan fingerprint density at radius 2 is 1.42 bits per heavy atom. The second kappa shape index (κ2) is 15.7. The maximum absolute atomic E-state index is 10.0. The molecule has 5 heteroatoms. The highest BCUT2D eigenvalue weighted by Crippen LogP contribution is 2.50. The molecule has 1 N–H and O–H groups in total. The zero-order valence-corrected chi connectivity index (χ0v) is 34.8. The Balaban J connectivity index is 1.04. The van der Waals surface area contributed by atoms with Gasteiger partial charge in [0.1, 0.15) is 12.0 Å². The summed E-state index contributed by atoms with van der Waals surface area (Å²) in [5.41, 5.74) is 17.4. The lowest BCUT2D eigenvalue weighted by atomic mass is 9.66. The van der Waals surface area contributed by atoms with Crippen molar-refractivity contribution in [3.8, 4) is 12.1 Å². The molecule has 2 aliphatic heterocycles. The van der Waals surface area contributed by atoms with Crippen molar-refractivity contribution in [2.75, 3.05) is 0 Å². The molecular formula is C55H55N5. The molecule has 0 spiro atoms. The van der Waals surface area contributed by atoms with Gasteiger partial charge in [0.2, 0.25) is 0 Å². The van der Waals surface area contributed by atoms with Crippen molar-refractivity contribution in [2.24, 2.45) is 23.7 Å². The van der Waals surface area contributed by atoms with Crippen LogP contribution in [0.5, 0.6) is 0 Å². The number of aromatic nitrogens is 1. The molecular weight excluding hydrogens is 731 g/mol. The third-order valence-corrected chi connectivity index (χ3v) is 15.1. The molecule has 1 aromatic heterocycles. The summed E-state index contributed by atoms with van der Waals surface area (Å²) >= 11 is 0. The third kappa shape index (κ3) is 6.32. The van der Waals surface area contributed by atoms with Crippen LogP contribution in [0.1, 0.15) is 106 Å². The first-order chi connectivity index (χ1) is 29.7. The van der Waals surface area contributed by atoms with Crippen LogP contribution in [0.15, 0.2) is 147 Å². The highest BCUT2D eigenvalue weighted by Gasteiger charge is 2.45. The van der Waals surface area contributed by atoms with E-state index in [-0.39, 0.29) is 12.2 Å². The van der Waals surface area contributed by atoms with E-state index < -0.39 is 0 Å². The Labute approximate surface area is 356 Å². The van der Waals surface area contributed by atoms with E-state index in [9.17, 15) is 10.5 Å². The number of allylic oxidation sites excluding steroid dienone is 22. The van der Waals surface area contributed by atoms with E-state index >= 15 is 0 Å². The van der Waals surface area contributed by atoms with Crippen LogP contribution < -0.4 is 5.32 Å². The van der Waals surface area contributed by atoms with Crippen LogP contribution in [0.2, 0.25) is 0 Å². The molecule has 60 heavy (non-hydrogen) atoms. The van der Waals surface area contributed by atoms with Gasteiger partial charge in [0.25, 0.3) is 0 Å². The molecule has 6 unspecified atom stereocenters. The minimum atomic E-state index is -0.0152. The van der Waals surface area contributed by atoms with E-state index in [4.69, 9.17) is 0 Å². The van der Waals surface area contributed by atoms with Crippen molar-refractivity contribution < 1.29 is 0 Å². The highest BCUT2D eigenvalue weighted by molar-refractivity contribution is 5.73. The molecule has 0 fully saturated rings. The fraction of sp³-hybridized carbons (Fsp3) is 0.382. The van der Waals surface area contributed by atoms with E-state index in [0.717, 1.165) is 107 Å². The summed E-state index contributed by atoms with van der Waals surface area (Å²) in [6.45, 7) is 0. The van der Waals surface area contributed by atoms with E-state index in [1.165, 1.54) is 67.5 Å². The van der Waals surface area contributed by atoms with Crippen LogP contribution in [-0.2, 0) is 12.8 Å². The van der Waals surface area contributed by atoms with Gasteiger partial charge in [0.05, 0.1) is 29.6 Å². The van der Waals surface area contributed by atoms with E-state index in [1.54, 1.807) is 0 Å². The summed E-state index contributed by atoms with van der Waals surface area (Å²) in [6, 6.07) is 5.26. The monoisotopic (exact) mass is 785 g/mol. The predicted molar refractivity (Wildman–Crippen MR) is 243 cm³/mol. The lowest BCUT2D eigenvalue weighted by Gasteiger charge is -2.43. The van der Waals surface area contributed by atoms with Gasteiger partial charge in [0.15, 0.2) is 0 Å². The predicted octanol–water partition coefficient (Wildman–Crippen LogP) is 12.1. The molecule has 0 saturated heterocycles. The van der Waals surface area contributed by atoms with Crippen molar-refractivity contribution in [3.63, 3.8) is 0 Å². The summed E-state index contributed by atoms with van der Waals surface area (Å²) < 4.78 is 2.58. The van der Waals surface area contributed by atoms with Crippen molar-refractivity contribution in [2.45, 2.75) is 109 Å². The third-order valence-electron chi connectivity index (χ3n) is 15.1. The zero-order chi connectivity index (χ0) is 40.2. The smallest absolute Gasteiger partial charge is 0.120 e. The topological polar surface area (TPSA) is 67.8 Å². The first-order valence-corrected chi connectivity index (χ1v) is 23.0. The first-order valence-electron chi connectivity index (χ1n) is 23.0. The number of nitriles is 2. The van der Waals surface area contributed by atoms with Crippen molar-refractivity contribution in [1.82, 2.24) is 14.8 Å². The minimum Gasteiger partial charge on any atom is -0.348 e. The molecule has 0 saturated carbocycles. The largest absolute Gasteiger partial charge is 0.348 e. The van der Waals surface area contributed by atoms with Crippen LogP contribution in [-0.4, -0.2) is 21.7 Å². The molecule has 11 rings (SSSR count). The van der Waals surface area contributed by atoms with Gasteiger partial charge < -0.3 is 10.2 Å². The van der Waals surface area contributed by atoms with Gasteiger partial charge in [-0.2, -0.15) is 10.5 Å². The van der Waals surface area contributed by atoms with Gasteiger partial charge in [-0.1, -0.05) is 72.9 Å². The normalized spacial score (nSPS) is 30.1. The van der Waals surface area contributed by atoms with Gasteiger partial charge >= 0.3 is 0 Å². The maximum Gasteiger partial charge on any atom is 0.120 e. The summed E-state index contributed by atoms with van der Waals surface area (Å²) in [6.07, 6.45) is 58.6. The fourth-order valence-corrected chi connectivity index (χ4v) is 12.5. The lowest BCUT2D eigenvalue weighted by molar-refractivity contribution is 0.206. The Morgan fingerprint density at radius 3 is 2.23 bits per heavy atom. The number of dihydropyridines is 1. The van der Waals surface area contributed by atoms with E-state index in [0.29, 0.717) is 23.7 Å². The average molecular weight is 786 g/mol. The number of nitrogens with one attached hydrogen (secondary N) is 1. The maximum atomic E-state index is 10.0. The van der Waals surface area contributed by atoms with E-state index in [1.807, 2.05) is 0 Å². The Bertz CT molecular complexity index is 2520. The molecule has 0 bridgehead atoms. The highest BCUT2D eigenvalue weighted by atomic mass is 15.3. The molecule has 0 radical (unpaired) electrons. The molecule has 6 atom stereocenters. The molecule has 300 valence electrons. The lowest BCUT2D eigenvalue weighted by Crippen LogP contribution is -2.50. The standard InChI is InChI=1S/C55H55N5/c56-34-36-14-13-15-38(30-36)40-16-1-3-18-42(40)44-20-5-6-21-45(44)43-19-4-2-17-41(43)39-32-54(59-50-25-10-7-22-46(50)47-23-8-11-26-51(47)59)58-55(33-39)60-52-27-12-9-24-48(52)49-31-37(35-57)28-29-53(49)60/h1,4-6,10-12,15-16,19-20,25-27,30-33,41,43,45,48,52,55,58H,2-3,7-9,13-14,17-18,21-24,28-29H2. The van der Waals surface area contributed by atoms with Crippen LogP contribution >= 0.6 is 0 Å². The fourth-order valence-electron chi connectivity index (χ4n) is 12.5. The Kier molecular flexibility index (Phi) is 9.73. The van der Waals surface area contributed by atoms with Gasteiger partial charge in [-0.15, -0.1) is 0 Å². The zero-order valence-electron chi connectivity index (χ0n) is 34.8. The Hall–Kier alpha value is -5.78. The average Bonchev–Trinajstić information content (AvgIpc) is 3.84. The number of rotatable bonds is 6. The minimum absolute atomic E-state index is 0.0152. The number of hydrogen-bond acceptors (Lipinski definition) is 4. The van der Waals surface area contributed by atoms with Crippen LogP contribution in [0.3, 0.4) is 0 Å². The number of fused-ring (bicyclic) bond motifs is 5. The van der Waals surface area contributed by atoms with Crippen molar-refractivity contribution in [1.29, 1.82) is 10.5 Å². The summed E-state index contributed by atoms with van der Waals surface area (Å²) in [5, 5.41) is 24.1. The summed E-state index contributed by atoms with van der Waals surface area (Å²) in [4.78, 5) is 2.73. The molecule has 1 aromatic rings. The van der Waals surface area contributed by atoms with Gasteiger partial charge in [-0.05, 0) is 195 Å². The molecule has 8 aliphatic carbocycles. The second-order valence-corrected chi connectivity index (χ2v) is 18.3. The first kappa shape index (κ1) is 37.2. The molecule has 10 aliphatic rings. The summed E-state index contributed by atoms with van der Waals surface area (Å²) in [5.74, 6) is 2.68. The summed E-state index contributed by atoms with van der Waals surface area (Å²) in [7, 11) is 0. The molecule has 0 amide bonds. The van der Waals surface area contributed by atoms with E-state index in [2.05, 4.69) is 136 Å². The van der Waals surface area contributed by atoms with Crippen LogP contribution in [0.25, 0.3) is 18.0 Å². The number of nitrogens with zero attached hydrogens (tertiary/aromatic N) is 4. The Morgan fingerprint density at radius 1 is 0.667 bits per heavy atom. The van der Waals surface area contributed by atoms with Crippen LogP contribution in [0.4, 0.5) is 0 Å². The molecule has 5 nitrogen and oxygen atoms in total. The number of hydrogen-bond donors (Lipinski definition) is 1. The van der Waals surface area contributed by atoms with Crippen molar-refractivity contribution in [3.05, 3.63) is 170 Å². The van der Waals surface area contributed by atoms with Crippen molar-refractivity contribution >= 4 is 18.0 Å². The SMILES string of the molecule is N#CC1=CC(C2=C(C3=CC=CCC3C3C=CCCC3C3=CC(N4C5=C(C=C(C#N)CC5)C5CCC=CC54)NC(n4c5c(c6c4C=CCC6)CCC=C5)=C3)CCC=C2)=CCC1. The second-order valence-electron chi connectivity index (χ2n) is 18.3. The van der Waals surface area contributed by atoms with Crippen LogP contribution in [0, 0.1) is 46.3 Å². The molecule has 3 heterocycles. The van der Waals surface area contributed by atoms with Gasteiger partial charge in [-0.25, -0.2) is 0 Å². The van der Waals surface area contributed by atoms with Gasteiger partial charge in [0, 0.05) is 22.8 Å².